The van der Waals surface area contributed by atoms with Crippen molar-refractivity contribution < 1.29 is 9.53 Å². The molecule has 0 saturated carbocycles. The Balaban J connectivity index is 1.60. The summed E-state index contributed by atoms with van der Waals surface area (Å²) < 4.78 is 5.70. The number of ether oxygens (including phenoxy) is 1. The SMILES string of the molecule is NC(=O)C(CCCOc1ccccc1)Cc1cccc2ccccc12. The van der Waals surface area contributed by atoms with Crippen LogP contribution >= 0.6 is 0 Å². The standard InChI is InChI=1S/C22H23NO2/c23-22(24)19(11-7-15-25-20-12-2-1-3-13-20)16-18-10-6-9-17-8-4-5-14-21(17)18/h1-6,8-10,12-14,19H,7,11,15-16H2,(H2,23,24). The smallest absolute Gasteiger partial charge is 0.220 e. The summed E-state index contributed by atoms with van der Waals surface area (Å²) in [6, 6.07) is 24.2. The third-order valence-electron chi connectivity index (χ3n) is 4.46. The Hall–Kier alpha value is -2.81. The maximum Gasteiger partial charge on any atom is 0.220 e. The van der Waals surface area contributed by atoms with Crippen LogP contribution in [0.4, 0.5) is 0 Å². The van der Waals surface area contributed by atoms with Gasteiger partial charge in [0, 0.05) is 5.92 Å². The molecule has 0 radical (unpaired) electrons. The van der Waals surface area contributed by atoms with Crippen molar-refractivity contribution in [3.63, 3.8) is 0 Å². The van der Waals surface area contributed by atoms with Crippen LogP contribution in [-0.2, 0) is 11.2 Å². The van der Waals surface area contributed by atoms with Gasteiger partial charge in [-0.15, -0.1) is 0 Å². The Morgan fingerprint density at radius 1 is 0.920 bits per heavy atom. The number of para-hydroxylation sites is 1. The van der Waals surface area contributed by atoms with Crippen LogP contribution in [0.25, 0.3) is 10.8 Å². The van der Waals surface area contributed by atoms with Gasteiger partial charge in [0.15, 0.2) is 0 Å². The van der Waals surface area contributed by atoms with E-state index in [9.17, 15) is 4.79 Å². The first-order valence-electron chi connectivity index (χ1n) is 8.68. The van der Waals surface area contributed by atoms with Crippen LogP contribution in [0.3, 0.4) is 0 Å². The molecule has 0 saturated heterocycles. The molecule has 3 nitrogen and oxygen atoms in total. The second kappa shape index (κ2) is 8.34. The van der Waals surface area contributed by atoms with E-state index in [1.165, 1.54) is 16.3 Å². The minimum Gasteiger partial charge on any atom is -0.494 e. The van der Waals surface area contributed by atoms with Gasteiger partial charge >= 0.3 is 0 Å². The Bertz CT molecular complexity index is 824. The first-order chi connectivity index (χ1) is 12.2. The van der Waals surface area contributed by atoms with E-state index in [1.807, 2.05) is 48.5 Å². The van der Waals surface area contributed by atoms with Gasteiger partial charge in [0.05, 0.1) is 6.61 Å². The third kappa shape index (κ3) is 4.60. The predicted molar refractivity (Wildman–Crippen MR) is 102 cm³/mol. The lowest BCUT2D eigenvalue weighted by Crippen LogP contribution is -2.25. The molecule has 0 bridgehead atoms. The fourth-order valence-corrected chi connectivity index (χ4v) is 3.12. The van der Waals surface area contributed by atoms with Gasteiger partial charge in [0.1, 0.15) is 5.75 Å². The summed E-state index contributed by atoms with van der Waals surface area (Å²) in [4.78, 5) is 11.9. The van der Waals surface area contributed by atoms with Crippen molar-refractivity contribution >= 4 is 16.7 Å². The van der Waals surface area contributed by atoms with E-state index in [0.29, 0.717) is 13.0 Å². The summed E-state index contributed by atoms with van der Waals surface area (Å²) in [5, 5.41) is 2.38. The number of fused-ring (bicyclic) bond motifs is 1. The Morgan fingerprint density at radius 3 is 2.44 bits per heavy atom. The van der Waals surface area contributed by atoms with E-state index in [-0.39, 0.29) is 11.8 Å². The molecule has 0 fully saturated rings. The second-order valence-electron chi connectivity index (χ2n) is 6.25. The zero-order valence-corrected chi connectivity index (χ0v) is 14.2. The maximum atomic E-state index is 11.9. The molecule has 0 aromatic heterocycles. The van der Waals surface area contributed by atoms with Crippen molar-refractivity contribution in [2.45, 2.75) is 19.3 Å². The van der Waals surface area contributed by atoms with E-state index < -0.39 is 0 Å². The number of hydrogen-bond acceptors (Lipinski definition) is 2. The molecule has 25 heavy (non-hydrogen) atoms. The first-order valence-corrected chi connectivity index (χ1v) is 8.68. The highest BCUT2D eigenvalue weighted by atomic mass is 16.5. The zero-order chi connectivity index (χ0) is 17.5. The molecule has 0 spiro atoms. The van der Waals surface area contributed by atoms with Crippen LogP contribution in [0.2, 0.25) is 0 Å². The molecule has 0 aliphatic rings. The van der Waals surface area contributed by atoms with E-state index >= 15 is 0 Å². The fraction of sp³-hybridized carbons (Fsp3) is 0.227. The molecule has 0 aliphatic heterocycles. The highest BCUT2D eigenvalue weighted by Crippen LogP contribution is 2.23. The van der Waals surface area contributed by atoms with Crippen LogP contribution in [0, 0.1) is 5.92 Å². The van der Waals surface area contributed by atoms with Crippen molar-refractivity contribution in [2.24, 2.45) is 11.7 Å². The van der Waals surface area contributed by atoms with Gasteiger partial charge in [-0.1, -0.05) is 60.7 Å². The van der Waals surface area contributed by atoms with Crippen LogP contribution in [0.15, 0.2) is 72.8 Å². The van der Waals surface area contributed by atoms with Gasteiger partial charge in [0.25, 0.3) is 0 Å². The van der Waals surface area contributed by atoms with E-state index in [0.717, 1.165) is 18.6 Å². The van der Waals surface area contributed by atoms with Gasteiger partial charge in [-0.2, -0.15) is 0 Å². The van der Waals surface area contributed by atoms with Crippen molar-refractivity contribution in [3.05, 3.63) is 78.4 Å². The predicted octanol–water partition coefficient (Wildman–Crippen LogP) is 4.34. The molecular weight excluding hydrogens is 310 g/mol. The summed E-state index contributed by atoms with van der Waals surface area (Å²) in [6.07, 6.45) is 2.20. The van der Waals surface area contributed by atoms with Gasteiger partial charge < -0.3 is 10.5 Å². The zero-order valence-electron chi connectivity index (χ0n) is 14.2. The molecule has 0 aliphatic carbocycles. The molecule has 1 unspecified atom stereocenters. The van der Waals surface area contributed by atoms with E-state index in [1.54, 1.807) is 0 Å². The molecule has 3 aromatic rings. The van der Waals surface area contributed by atoms with Gasteiger partial charge in [0.2, 0.25) is 5.91 Å². The highest BCUT2D eigenvalue weighted by molar-refractivity contribution is 5.86. The topological polar surface area (TPSA) is 52.3 Å². The summed E-state index contributed by atoms with van der Waals surface area (Å²) in [7, 11) is 0. The van der Waals surface area contributed by atoms with Gasteiger partial charge in [-0.05, 0) is 47.7 Å². The second-order valence-corrected chi connectivity index (χ2v) is 6.25. The number of carbonyl (C=O) groups is 1. The Labute approximate surface area is 148 Å². The fourth-order valence-electron chi connectivity index (χ4n) is 3.12. The summed E-state index contributed by atoms with van der Waals surface area (Å²) in [6.45, 7) is 0.587. The summed E-state index contributed by atoms with van der Waals surface area (Å²) in [5.41, 5.74) is 6.81. The highest BCUT2D eigenvalue weighted by Gasteiger charge is 2.17. The number of hydrogen-bond donors (Lipinski definition) is 1. The normalized spacial score (nSPS) is 12.0. The largest absolute Gasteiger partial charge is 0.494 e. The molecule has 1 atom stereocenters. The number of benzene rings is 3. The summed E-state index contributed by atoms with van der Waals surface area (Å²) in [5.74, 6) is 0.435. The molecule has 0 heterocycles. The first kappa shape index (κ1) is 17.0. The lowest BCUT2D eigenvalue weighted by Gasteiger charge is -2.15. The number of carbonyl (C=O) groups excluding carboxylic acids is 1. The average Bonchev–Trinajstić information content (AvgIpc) is 2.65. The summed E-state index contributed by atoms with van der Waals surface area (Å²) >= 11 is 0. The van der Waals surface area contributed by atoms with E-state index in [4.69, 9.17) is 10.5 Å². The van der Waals surface area contributed by atoms with Crippen molar-refractivity contribution in [1.29, 1.82) is 0 Å². The van der Waals surface area contributed by atoms with Crippen LogP contribution in [0.1, 0.15) is 18.4 Å². The number of rotatable bonds is 8. The van der Waals surface area contributed by atoms with Crippen molar-refractivity contribution in [2.75, 3.05) is 6.61 Å². The molecule has 3 heteroatoms. The van der Waals surface area contributed by atoms with Crippen LogP contribution < -0.4 is 10.5 Å². The minimum absolute atomic E-state index is 0.176. The van der Waals surface area contributed by atoms with Crippen LogP contribution in [0.5, 0.6) is 5.75 Å². The van der Waals surface area contributed by atoms with Crippen molar-refractivity contribution in [1.82, 2.24) is 0 Å². The number of primary amides is 1. The van der Waals surface area contributed by atoms with Crippen molar-refractivity contribution in [3.8, 4) is 5.75 Å². The van der Waals surface area contributed by atoms with Gasteiger partial charge in [-0.3, -0.25) is 4.79 Å². The third-order valence-corrected chi connectivity index (χ3v) is 4.46. The average molecular weight is 333 g/mol. The number of nitrogens with two attached hydrogens (primary N) is 1. The Kier molecular flexibility index (Phi) is 5.68. The monoisotopic (exact) mass is 333 g/mol. The maximum absolute atomic E-state index is 11.9. The molecule has 2 N–H and O–H groups in total. The molecule has 128 valence electrons. The quantitative estimate of drug-likeness (QED) is 0.623. The molecule has 3 rings (SSSR count). The van der Waals surface area contributed by atoms with E-state index in [2.05, 4.69) is 24.3 Å². The lowest BCUT2D eigenvalue weighted by molar-refractivity contribution is -0.122. The van der Waals surface area contributed by atoms with Gasteiger partial charge in [-0.25, -0.2) is 0 Å². The Morgan fingerprint density at radius 2 is 1.64 bits per heavy atom. The molecule has 1 amide bonds. The lowest BCUT2D eigenvalue weighted by atomic mass is 9.91. The molecule has 3 aromatic carbocycles. The van der Waals surface area contributed by atoms with Crippen LogP contribution in [-0.4, -0.2) is 12.5 Å². The molecular formula is C22H23NO2. The number of amides is 1. The minimum atomic E-state index is -0.243.